The molecule has 0 bridgehead atoms. The molecule has 1 N–H and O–H groups in total. The standard InChI is InChI=1S/C19H27N5O2/c1-2-6-22-10-15-11-24(13-19(15,12-22)18(25)26)17-9-16(20-14-21-17)23-7-4-3-5-8-23/h2,9,14-15H,1,3-8,10-13H2,(H,25,26)/t15-,19-/m1/s1. The van der Waals surface area contributed by atoms with E-state index in [0.717, 1.165) is 44.4 Å². The highest BCUT2D eigenvalue weighted by Crippen LogP contribution is 2.44. The van der Waals surface area contributed by atoms with Crippen LogP contribution in [0.3, 0.4) is 0 Å². The van der Waals surface area contributed by atoms with Gasteiger partial charge in [0.25, 0.3) is 0 Å². The first-order valence-electron chi connectivity index (χ1n) is 9.51. The van der Waals surface area contributed by atoms with Gasteiger partial charge in [0.1, 0.15) is 23.4 Å². The summed E-state index contributed by atoms with van der Waals surface area (Å²) in [5, 5.41) is 9.96. The summed E-state index contributed by atoms with van der Waals surface area (Å²) in [7, 11) is 0. The Morgan fingerprint density at radius 2 is 1.92 bits per heavy atom. The number of rotatable bonds is 5. The number of aliphatic carboxylic acids is 1. The molecule has 1 aromatic heterocycles. The maximum absolute atomic E-state index is 12.1. The molecule has 3 aliphatic rings. The lowest BCUT2D eigenvalue weighted by Crippen LogP contribution is -2.41. The summed E-state index contributed by atoms with van der Waals surface area (Å²) < 4.78 is 0. The zero-order valence-corrected chi connectivity index (χ0v) is 15.2. The van der Waals surface area contributed by atoms with Gasteiger partial charge in [-0.25, -0.2) is 9.97 Å². The molecule has 140 valence electrons. The number of hydrogen-bond donors (Lipinski definition) is 1. The lowest BCUT2D eigenvalue weighted by molar-refractivity contribution is -0.148. The number of carbonyl (C=O) groups is 1. The van der Waals surface area contributed by atoms with E-state index in [1.165, 1.54) is 19.3 Å². The van der Waals surface area contributed by atoms with Crippen LogP contribution in [0.15, 0.2) is 25.0 Å². The van der Waals surface area contributed by atoms with Crippen LogP contribution in [0, 0.1) is 11.3 Å². The van der Waals surface area contributed by atoms with Crippen LogP contribution in [-0.4, -0.2) is 71.8 Å². The fraction of sp³-hybridized carbons (Fsp3) is 0.632. The molecule has 4 rings (SSSR count). The Morgan fingerprint density at radius 3 is 2.58 bits per heavy atom. The maximum atomic E-state index is 12.1. The van der Waals surface area contributed by atoms with E-state index >= 15 is 0 Å². The van der Waals surface area contributed by atoms with Gasteiger partial charge in [0.15, 0.2) is 0 Å². The number of fused-ring (bicyclic) bond motifs is 1. The second-order valence-corrected chi connectivity index (χ2v) is 7.80. The molecule has 2 atom stereocenters. The van der Waals surface area contributed by atoms with E-state index in [1.807, 2.05) is 12.1 Å². The molecule has 3 saturated heterocycles. The highest BCUT2D eigenvalue weighted by molar-refractivity contribution is 5.78. The molecular weight excluding hydrogens is 330 g/mol. The van der Waals surface area contributed by atoms with Gasteiger partial charge in [0.2, 0.25) is 0 Å². The van der Waals surface area contributed by atoms with Gasteiger partial charge in [-0.05, 0) is 19.3 Å². The van der Waals surface area contributed by atoms with E-state index in [1.54, 1.807) is 6.33 Å². The highest BCUT2D eigenvalue weighted by atomic mass is 16.4. The second kappa shape index (κ2) is 6.87. The van der Waals surface area contributed by atoms with Crippen molar-refractivity contribution in [1.29, 1.82) is 0 Å². The topological polar surface area (TPSA) is 72.8 Å². The Bertz CT molecular complexity index is 690. The van der Waals surface area contributed by atoms with Crippen LogP contribution in [0.4, 0.5) is 11.6 Å². The normalized spacial score (nSPS) is 29.0. The minimum Gasteiger partial charge on any atom is -0.481 e. The minimum absolute atomic E-state index is 0.119. The van der Waals surface area contributed by atoms with Crippen molar-refractivity contribution < 1.29 is 9.90 Å². The van der Waals surface area contributed by atoms with E-state index in [4.69, 9.17) is 0 Å². The number of anilines is 2. The van der Waals surface area contributed by atoms with Crippen LogP contribution in [0.1, 0.15) is 19.3 Å². The summed E-state index contributed by atoms with van der Waals surface area (Å²) in [5.74, 6) is 1.24. The quantitative estimate of drug-likeness (QED) is 0.800. The molecule has 3 aliphatic heterocycles. The van der Waals surface area contributed by atoms with Gasteiger partial charge in [0, 0.05) is 57.8 Å². The number of likely N-dealkylation sites (tertiary alicyclic amines) is 1. The van der Waals surface area contributed by atoms with Crippen LogP contribution in [0.5, 0.6) is 0 Å². The van der Waals surface area contributed by atoms with Crippen molar-refractivity contribution in [2.75, 3.05) is 55.6 Å². The molecule has 26 heavy (non-hydrogen) atoms. The van der Waals surface area contributed by atoms with E-state index < -0.39 is 11.4 Å². The van der Waals surface area contributed by atoms with Crippen LogP contribution < -0.4 is 9.80 Å². The van der Waals surface area contributed by atoms with Crippen molar-refractivity contribution in [3.05, 3.63) is 25.0 Å². The number of hydrogen-bond acceptors (Lipinski definition) is 6. The van der Waals surface area contributed by atoms with Gasteiger partial charge in [-0.1, -0.05) is 6.08 Å². The van der Waals surface area contributed by atoms with Gasteiger partial charge in [0.05, 0.1) is 0 Å². The van der Waals surface area contributed by atoms with Gasteiger partial charge in [-0.2, -0.15) is 0 Å². The summed E-state index contributed by atoms with van der Waals surface area (Å²) in [6, 6.07) is 2.03. The number of nitrogens with zero attached hydrogens (tertiary/aromatic N) is 5. The summed E-state index contributed by atoms with van der Waals surface area (Å²) in [6.45, 7) is 9.23. The lowest BCUT2D eigenvalue weighted by atomic mass is 9.81. The monoisotopic (exact) mass is 357 g/mol. The number of carboxylic acids is 1. The molecule has 0 aliphatic carbocycles. The Kier molecular flexibility index (Phi) is 4.56. The Hall–Kier alpha value is -2.15. The average Bonchev–Trinajstić information content (AvgIpc) is 3.18. The SMILES string of the molecule is C=CCN1C[C@@H]2CN(c3cc(N4CCCCC4)ncn3)C[C@]2(C(=O)O)C1. The van der Waals surface area contributed by atoms with Crippen LogP contribution in [-0.2, 0) is 4.79 Å². The van der Waals surface area contributed by atoms with E-state index in [2.05, 4.69) is 31.2 Å². The molecule has 4 heterocycles. The Balaban J connectivity index is 1.53. The molecule has 0 radical (unpaired) electrons. The van der Waals surface area contributed by atoms with Crippen molar-refractivity contribution in [1.82, 2.24) is 14.9 Å². The smallest absolute Gasteiger partial charge is 0.313 e. The van der Waals surface area contributed by atoms with Crippen molar-refractivity contribution in [3.63, 3.8) is 0 Å². The van der Waals surface area contributed by atoms with Crippen LogP contribution in [0.25, 0.3) is 0 Å². The van der Waals surface area contributed by atoms with Gasteiger partial charge in [-0.3, -0.25) is 9.69 Å². The fourth-order valence-electron chi connectivity index (χ4n) is 4.77. The predicted octanol–water partition coefficient (Wildman–Crippen LogP) is 1.48. The first-order valence-corrected chi connectivity index (χ1v) is 9.51. The van der Waals surface area contributed by atoms with Crippen LogP contribution >= 0.6 is 0 Å². The molecule has 0 spiro atoms. The number of piperidine rings is 1. The molecule has 0 unspecified atom stereocenters. The number of aromatic nitrogens is 2. The predicted molar refractivity (Wildman–Crippen MR) is 101 cm³/mol. The molecule has 1 aromatic rings. The summed E-state index contributed by atoms with van der Waals surface area (Å²) in [4.78, 5) is 27.7. The third-order valence-electron chi connectivity index (χ3n) is 6.14. The van der Waals surface area contributed by atoms with Crippen molar-refractivity contribution in [3.8, 4) is 0 Å². The largest absolute Gasteiger partial charge is 0.481 e. The lowest BCUT2D eigenvalue weighted by Gasteiger charge is -2.29. The second-order valence-electron chi connectivity index (χ2n) is 7.80. The maximum Gasteiger partial charge on any atom is 0.313 e. The third-order valence-corrected chi connectivity index (χ3v) is 6.14. The van der Waals surface area contributed by atoms with Crippen molar-refractivity contribution >= 4 is 17.6 Å². The van der Waals surface area contributed by atoms with E-state index in [9.17, 15) is 9.90 Å². The van der Waals surface area contributed by atoms with Gasteiger partial charge in [-0.15, -0.1) is 6.58 Å². The molecule has 0 aromatic carbocycles. The molecule has 7 heteroatoms. The molecule has 0 saturated carbocycles. The summed E-state index contributed by atoms with van der Waals surface area (Å²) >= 11 is 0. The third kappa shape index (κ3) is 2.94. The first-order chi connectivity index (χ1) is 12.6. The molecule has 7 nitrogen and oxygen atoms in total. The average molecular weight is 357 g/mol. The summed E-state index contributed by atoms with van der Waals surface area (Å²) in [5.41, 5.74) is -0.709. The first kappa shape index (κ1) is 17.3. The molecular formula is C19H27N5O2. The van der Waals surface area contributed by atoms with Crippen molar-refractivity contribution in [2.45, 2.75) is 19.3 Å². The Labute approximate surface area is 154 Å². The summed E-state index contributed by atoms with van der Waals surface area (Å²) in [6.07, 6.45) is 7.15. The zero-order valence-electron chi connectivity index (χ0n) is 15.2. The van der Waals surface area contributed by atoms with E-state index in [-0.39, 0.29) is 5.92 Å². The fourth-order valence-corrected chi connectivity index (χ4v) is 4.77. The molecule has 3 fully saturated rings. The highest BCUT2D eigenvalue weighted by Gasteiger charge is 2.57. The molecule has 0 amide bonds. The Morgan fingerprint density at radius 1 is 1.19 bits per heavy atom. The van der Waals surface area contributed by atoms with Crippen molar-refractivity contribution in [2.24, 2.45) is 11.3 Å². The van der Waals surface area contributed by atoms with Gasteiger partial charge >= 0.3 is 5.97 Å². The zero-order chi connectivity index (χ0) is 18.1. The minimum atomic E-state index is -0.709. The van der Waals surface area contributed by atoms with E-state index in [0.29, 0.717) is 13.1 Å². The van der Waals surface area contributed by atoms with Crippen LogP contribution in [0.2, 0.25) is 0 Å². The number of carboxylic acid groups (broad SMARTS) is 1. The van der Waals surface area contributed by atoms with Gasteiger partial charge < -0.3 is 14.9 Å².